The lowest BCUT2D eigenvalue weighted by molar-refractivity contribution is -0.141. The SMILES string of the molecule is C=CC(=O)OCC(O)COCCCCCCCCCCCCCCC(CC)C(N)=O. The molecule has 6 nitrogen and oxygen atoms in total. The molecule has 0 aliphatic carbocycles. The second-order valence-electron chi connectivity index (χ2n) is 8.10. The molecule has 0 radical (unpaired) electrons. The summed E-state index contributed by atoms with van der Waals surface area (Å²) in [6.07, 6.45) is 16.9. The van der Waals surface area contributed by atoms with Crippen molar-refractivity contribution in [3.8, 4) is 0 Å². The highest BCUT2D eigenvalue weighted by atomic mass is 16.5. The van der Waals surface area contributed by atoms with Crippen molar-refractivity contribution in [1.29, 1.82) is 0 Å². The molecule has 0 aromatic rings. The molecular formula is C24H45NO5. The Kier molecular flexibility index (Phi) is 19.9. The van der Waals surface area contributed by atoms with Crippen molar-refractivity contribution in [2.45, 2.75) is 103 Å². The first-order valence-electron chi connectivity index (χ1n) is 11.9. The fraction of sp³-hybridized carbons (Fsp3) is 0.833. The minimum absolute atomic E-state index is 0.0561. The molecule has 0 bridgehead atoms. The summed E-state index contributed by atoms with van der Waals surface area (Å²) < 4.78 is 10.1. The quantitative estimate of drug-likeness (QED) is 0.148. The zero-order valence-corrected chi connectivity index (χ0v) is 19.1. The Morgan fingerprint density at radius 2 is 1.40 bits per heavy atom. The Balaban J connectivity index is 3.24. The Labute approximate surface area is 183 Å². The number of primary amides is 1. The van der Waals surface area contributed by atoms with E-state index in [0.29, 0.717) is 6.61 Å². The first-order chi connectivity index (χ1) is 14.5. The third kappa shape index (κ3) is 18.6. The smallest absolute Gasteiger partial charge is 0.330 e. The van der Waals surface area contributed by atoms with Crippen molar-refractivity contribution in [1.82, 2.24) is 0 Å². The van der Waals surface area contributed by atoms with Gasteiger partial charge in [-0.15, -0.1) is 0 Å². The normalized spacial score (nSPS) is 13.0. The van der Waals surface area contributed by atoms with Gasteiger partial charge in [0.25, 0.3) is 0 Å². The van der Waals surface area contributed by atoms with E-state index >= 15 is 0 Å². The molecule has 0 heterocycles. The topological polar surface area (TPSA) is 98.8 Å². The van der Waals surface area contributed by atoms with Crippen LogP contribution in [0.25, 0.3) is 0 Å². The van der Waals surface area contributed by atoms with Gasteiger partial charge >= 0.3 is 5.97 Å². The monoisotopic (exact) mass is 427 g/mol. The molecule has 0 aromatic heterocycles. The summed E-state index contributed by atoms with van der Waals surface area (Å²) >= 11 is 0. The maximum absolute atomic E-state index is 11.2. The van der Waals surface area contributed by atoms with E-state index in [9.17, 15) is 14.7 Å². The number of nitrogens with two attached hydrogens (primary N) is 1. The summed E-state index contributed by atoms with van der Waals surface area (Å²) in [7, 11) is 0. The third-order valence-corrected chi connectivity index (χ3v) is 5.38. The lowest BCUT2D eigenvalue weighted by Gasteiger charge is -2.11. The molecule has 176 valence electrons. The summed E-state index contributed by atoms with van der Waals surface area (Å²) in [5.74, 6) is -0.610. The second kappa shape index (κ2) is 20.9. The highest BCUT2D eigenvalue weighted by molar-refractivity contribution is 5.81. The molecule has 6 heteroatoms. The van der Waals surface area contributed by atoms with E-state index in [1.807, 2.05) is 6.92 Å². The molecule has 0 aliphatic heterocycles. The van der Waals surface area contributed by atoms with Crippen LogP contribution >= 0.6 is 0 Å². The number of aliphatic hydroxyl groups excluding tert-OH is 1. The largest absolute Gasteiger partial charge is 0.460 e. The van der Waals surface area contributed by atoms with Crippen LogP contribution in [0.15, 0.2) is 12.7 Å². The minimum atomic E-state index is -0.780. The average molecular weight is 428 g/mol. The Morgan fingerprint density at radius 3 is 1.87 bits per heavy atom. The van der Waals surface area contributed by atoms with Crippen LogP contribution in [-0.4, -0.2) is 42.9 Å². The van der Waals surface area contributed by atoms with Crippen molar-refractivity contribution < 1.29 is 24.2 Å². The van der Waals surface area contributed by atoms with E-state index in [1.54, 1.807) is 0 Å². The number of hydrogen-bond donors (Lipinski definition) is 2. The summed E-state index contributed by atoms with van der Waals surface area (Å²) in [6, 6.07) is 0. The van der Waals surface area contributed by atoms with E-state index < -0.39 is 12.1 Å². The molecule has 0 aromatic carbocycles. The first-order valence-corrected chi connectivity index (χ1v) is 11.9. The number of aliphatic hydroxyl groups is 1. The number of amides is 1. The van der Waals surface area contributed by atoms with Crippen LogP contribution in [0.1, 0.15) is 96.8 Å². The highest BCUT2D eigenvalue weighted by Gasteiger charge is 2.11. The van der Waals surface area contributed by atoms with Crippen molar-refractivity contribution in [2.75, 3.05) is 19.8 Å². The number of hydrogen-bond acceptors (Lipinski definition) is 5. The average Bonchev–Trinajstić information content (AvgIpc) is 2.73. The van der Waals surface area contributed by atoms with Crippen LogP contribution in [0.5, 0.6) is 0 Å². The summed E-state index contributed by atoms with van der Waals surface area (Å²) in [6.45, 7) is 6.09. The molecule has 0 saturated heterocycles. The Morgan fingerprint density at radius 1 is 0.900 bits per heavy atom. The molecule has 3 N–H and O–H groups in total. The van der Waals surface area contributed by atoms with Gasteiger partial charge in [0.05, 0.1) is 6.61 Å². The van der Waals surface area contributed by atoms with Gasteiger partial charge in [-0.05, 0) is 19.3 Å². The van der Waals surface area contributed by atoms with Gasteiger partial charge < -0.3 is 20.3 Å². The standard InChI is InChI=1S/C24H45NO5/c1-3-21(24(25)28)17-15-13-11-9-7-5-6-8-10-12-14-16-18-29-19-22(26)20-30-23(27)4-2/h4,21-22,26H,2-3,5-20H2,1H3,(H2,25,28). The van der Waals surface area contributed by atoms with Gasteiger partial charge in [-0.2, -0.15) is 0 Å². The Hall–Kier alpha value is -1.40. The van der Waals surface area contributed by atoms with Crippen molar-refractivity contribution in [3.63, 3.8) is 0 Å². The van der Waals surface area contributed by atoms with Crippen LogP contribution in [-0.2, 0) is 19.1 Å². The van der Waals surface area contributed by atoms with Gasteiger partial charge in [0, 0.05) is 18.6 Å². The van der Waals surface area contributed by atoms with Crippen LogP contribution in [0.4, 0.5) is 0 Å². The fourth-order valence-electron chi connectivity index (χ4n) is 3.41. The predicted octanol–water partition coefficient (Wildman–Crippen LogP) is 4.68. The minimum Gasteiger partial charge on any atom is -0.460 e. The predicted molar refractivity (Wildman–Crippen MR) is 121 cm³/mol. The molecule has 0 rings (SSSR count). The molecule has 1 amide bonds. The molecular weight excluding hydrogens is 382 g/mol. The fourth-order valence-corrected chi connectivity index (χ4v) is 3.41. The molecule has 0 saturated carbocycles. The van der Waals surface area contributed by atoms with E-state index in [-0.39, 0.29) is 25.0 Å². The van der Waals surface area contributed by atoms with Crippen LogP contribution in [0.3, 0.4) is 0 Å². The van der Waals surface area contributed by atoms with E-state index in [2.05, 4.69) is 6.58 Å². The summed E-state index contributed by atoms with van der Waals surface area (Å²) in [5.41, 5.74) is 5.37. The summed E-state index contributed by atoms with van der Waals surface area (Å²) in [4.78, 5) is 22.0. The zero-order chi connectivity index (χ0) is 22.5. The number of unbranched alkanes of at least 4 members (excludes halogenated alkanes) is 11. The Bertz CT molecular complexity index is 441. The maximum atomic E-state index is 11.2. The molecule has 0 fully saturated rings. The van der Waals surface area contributed by atoms with Crippen molar-refractivity contribution >= 4 is 11.9 Å². The molecule has 0 aliphatic rings. The molecule has 30 heavy (non-hydrogen) atoms. The summed E-state index contributed by atoms with van der Waals surface area (Å²) in [5, 5.41) is 9.60. The highest BCUT2D eigenvalue weighted by Crippen LogP contribution is 2.16. The molecule has 0 spiro atoms. The van der Waals surface area contributed by atoms with Gasteiger partial charge in [0.15, 0.2) is 0 Å². The van der Waals surface area contributed by atoms with Gasteiger partial charge in [0.2, 0.25) is 5.91 Å². The van der Waals surface area contributed by atoms with Crippen molar-refractivity contribution in [3.05, 3.63) is 12.7 Å². The third-order valence-electron chi connectivity index (χ3n) is 5.38. The van der Waals surface area contributed by atoms with Gasteiger partial charge in [0.1, 0.15) is 12.7 Å². The van der Waals surface area contributed by atoms with Crippen LogP contribution < -0.4 is 5.73 Å². The molecule has 2 unspecified atom stereocenters. The van der Waals surface area contributed by atoms with Crippen LogP contribution in [0, 0.1) is 5.92 Å². The van der Waals surface area contributed by atoms with Gasteiger partial charge in [-0.25, -0.2) is 4.79 Å². The number of carbonyl (C=O) groups is 2. The molecule has 2 atom stereocenters. The number of esters is 1. The number of carbonyl (C=O) groups excluding carboxylic acids is 2. The lowest BCUT2D eigenvalue weighted by atomic mass is 9.97. The van der Waals surface area contributed by atoms with Crippen LogP contribution in [0.2, 0.25) is 0 Å². The van der Waals surface area contributed by atoms with E-state index in [4.69, 9.17) is 15.2 Å². The first kappa shape index (κ1) is 28.6. The van der Waals surface area contributed by atoms with E-state index in [1.165, 1.54) is 57.8 Å². The lowest BCUT2D eigenvalue weighted by Crippen LogP contribution is -2.23. The van der Waals surface area contributed by atoms with Gasteiger partial charge in [-0.3, -0.25) is 4.79 Å². The number of rotatable bonds is 22. The number of ether oxygens (including phenoxy) is 2. The maximum Gasteiger partial charge on any atom is 0.330 e. The van der Waals surface area contributed by atoms with Crippen molar-refractivity contribution in [2.24, 2.45) is 11.7 Å². The van der Waals surface area contributed by atoms with E-state index in [0.717, 1.165) is 38.2 Å². The van der Waals surface area contributed by atoms with Gasteiger partial charge in [-0.1, -0.05) is 84.1 Å². The second-order valence-corrected chi connectivity index (χ2v) is 8.10. The zero-order valence-electron chi connectivity index (χ0n) is 19.1.